The van der Waals surface area contributed by atoms with Crippen LogP contribution in [0.3, 0.4) is 0 Å². The number of rotatable bonds is 2. The van der Waals surface area contributed by atoms with E-state index in [-0.39, 0.29) is 5.78 Å². The van der Waals surface area contributed by atoms with E-state index in [1.54, 1.807) is 11.3 Å². The molecule has 0 atom stereocenters. The van der Waals surface area contributed by atoms with Crippen LogP contribution in [0.2, 0.25) is 0 Å². The molecule has 0 radical (unpaired) electrons. The van der Waals surface area contributed by atoms with E-state index >= 15 is 0 Å². The molecule has 2 aromatic rings. The van der Waals surface area contributed by atoms with Crippen LogP contribution in [0.15, 0.2) is 29.6 Å². The van der Waals surface area contributed by atoms with Crippen molar-refractivity contribution in [2.24, 2.45) is 0 Å². The highest BCUT2D eigenvalue weighted by molar-refractivity contribution is 7.10. The van der Waals surface area contributed by atoms with Gasteiger partial charge >= 0.3 is 0 Å². The van der Waals surface area contributed by atoms with E-state index in [9.17, 15) is 4.79 Å². The highest BCUT2D eigenvalue weighted by Crippen LogP contribution is 2.22. The maximum Gasteiger partial charge on any atom is 0.194 e. The fourth-order valence-corrected chi connectivity index (χ4v) is 3.09. The molecule has 92 valence electrons. The Kier molecular flexibility index (Phi) is 3.02. The number of hydrogen-bond donors (Lipinski definition) is 1. The summed E-state index contributed by atoms with van der Waals surface area (Å²) in [4.78, 5) is 13.5. The third kappa shape index (κ3) is 2.00. The number of carbonyl (C=O) groups excluding carboxylic acids is 1. The molecule has 0 unspecified atom stereocenters. The zero-order valence-corrected chi connectivity index (χ0v) is 11.1. The molecule has 2 nitrogen and oxygen atoms in total. The van der Waals surface area contributed by atoms with Gasteiger partial charge < -0.3 is 5.32 Å². The molecule has 1 aromatic heterocycles. The molecule has 1 aliphatic rings. The zero-order chi connectivity index (χ0) is 12.5. The molecule has 0 spiro atoms. The first-order valence-corrected chi connectivity index (χ1v) is 7.05. The molecule has 0 aliphatic carbocycles. The molecule has 0 fully saturated rings. The van der Waals surface area contributed by atoms with Gasteiger partial charge in [0.25, 0.3) is 0 Å². The summed E-state index contributed by atoms with van der Waals surface area (Å²) in [6, 6.07) is 8.02. The highest BCUT2D eigenvalue weighted by atomic mass is 32.1. The first kappa shape index (κ1) is 11.6. The largest absolute Gasteiger partial charge is 0.312 e. The number of benzene rings is 1. The maximum absolute atomic E-state index is 12.4. The number of fused-ring (bicyclic) bond motifs is 1. The Morgan fingerprint density at radius 3 is 2.94 bits per heavy atom. The van der Waals surface area contributed by atoms with Gasteiger partial charge in [-0.3, -0.25) is 4.79 Å². The van der Waals surface area contributed by atoms with Gasteiger partial charge in [0.1, 0.15) is 0 Å². The lowest BCUT2D eigenvalue weighted by molar-refractivity contribution is 0.103. The van der Waals surface area contributed by atoms with Gasteiger partial charge in [0.2, 0.25) is 0 Å². The van der Waals surface area contributed by atoms with Crippen molar-refractivity contribution < 1.29 is 4.79 Å². The summed E-state index contributed by atoms with van der Waals surface area (Å²) >= 11 is 1.62. The van der Waals surface area contributed by atoms with Crippen LogP contribution < -0.4 is 5.32 Å². The Labute approximate surface area is 111 Å². The molecule has 0 saturated heterocycles. The zero-order valence-electron chi connectivity index (χ0n) is 10.3. The third-order valence-corrected chi connectivity index (χ3v) is 4.30. The van der Waals surface area contributed by atoms with Crippen molar-refractivity contribution >= 4 is 17.1 Å². The van der Waals surface area contributed by atoms with Gasteiger partial charge in [-0.05, 0) is 48.5 Å². The molecule has 18 heavy (non-hydrogen) atoms. The number of thiophene rings is 1. The van der Waals surface area contributed by atoms with Crippen molar-refractivity contribution in [2.75, 3.05) is 6.54 Å². The van der Waals surface area contributed by atoms with Crippen molar-refractivity contribution in [3.63, 3.8) is 0 Å². The van der Waals surface area contributed by atoms with Crippen LogP contribution in [-0.4, -0.2) is 12.3 Å². The van der Waals surface area contributed by atoms with Gasteiger partial charge in [-0.15, -0.1) is 11.3 Å². The van der Waals surface area contributed by atoms with E-state index in [2.05, 4.69) is 11.4 Å². The number of ketones is 1. The first-order chi connectivity index (χ1) is 8.75. The lowest BCUT2D eigenvalue weighted by Crippen LogP contribution is -2.23. The van der Waals surface area contributed by atoms with E-state index in [4.69, 9.17) is 0 Å². The topological polar surface area (TPSA) is 29.1 Å². The molecule has 3 heteroatoms. The number of nitrogens with one attached hydrogen (secondary N) is 1. The summed E-state index contributed by atoms with van der Waals surface area (Å²) in [5, 5.41) is 5.32. The Bertz CT molecular complexity index is 600. The van der Waals surface area contributed by atoms with Crippen LogP contribution in [0.5, 0.6) is 0 Å². The second kappa shape index (κ2) is 4.67. The highest BCUT2D eigenvalue weighted by Gasteiger charge is 2.15. The molecule has 2 heterocycles. The van der Waals surface area contributed by atoms with Crippen LogP contribution in [-0.2, 0) is 13.0 Å². The van der Waals surface area contributed by atoms with Crippen LogP contribution in [0.25, 0.3) is 0 Å². The number of hydrogen-bond acceptors (Lipinski definition) is 3. The average Bonchev–Trinajstić information content (AvgIpc) is 2.83. The minimum absolute atomic E-state index is 0.141. The van der Waals surface area contributed by atoms with E-state index in [1.165, 1.54) is 11.1 Å². The Balaban J connectivity index is 1.98. The van der Waals surface area contributed by atoms with Gasteiger partial charge in [0.05, 0.1) is 0 Å². The standard InChI is InChI=1S/C15H15NOS/c1-10-14(5-7-18-10)15(17)12-3-2-11-4-6-16-9-13(11)8-12/h2-3,5,7-8,16H,4,6,9H2,1H3. The van der Waals surface area contributed by atoms with Crippen molar-refractivity contribution in [3.8, 4) is 0 Å². The van der Waals surface area contributed by atoms with Gasteiger partial charge in [0.15, 0.2) is 5.78 Å². The van der Waals surface area contributed by atoms with Crippen molar-refractivity contribution in [3.05, 3.63) is 56.8 Å². The normalized spacial score (nSPS) is 14.3. The summed E-state index contributed by atoms with van der Waals surface area (Å²) in [6.45, 7) is 3.90. The van der Waals surface area contributed by atoms with Crippen LogP contribution in [0.1, 0.15) is 31.9 Å². The van der Waals surface area contributed by atoms with Crippen LogP contribution in [0, 0.1) is 6.92 Å². The van der Waals surface area contributed by atoms with Crippen molar-refractivity contribution in [2.45, 2.75) is 19.9 Å². The molecule has 0 amide bonds. The summed E-state index contributed by atoms with van der Waals surface area (Å²) in [7, 11) is 0. The van der Waals surface area contributed by atoms with Crippen LogP contribution >= 0.6 is 11.3 Å². The summed E-state index contributed by atoms with van der Waals surface area (Å²) in [5.41, 5.74) is 4.27. The molecule has 1 aromatic carbocycles. The summed E-state index contributed by atoms with van der Waals surface area (Å²) in [5.74, 6) is 0.141. The predicted molar refractivity (Wildman–Crippen MR) is 74.3 cm³/mol. The second-order valence-corrected chi connectivity index (χ2v) is 5.75. The fourth-order valence-electron chi connectivity index (χ4n) is 2.40. The molecule has 0 bridgehead atoms. The number of aryl methyl sites for hydroxylation is 1. The minimum atomic E-state index is 0.141. The second-order valence-electron chi connectivity index (χ2n) is 4.63. The summed E-state index contributed by atoms with van der Waals surface area (Å²) < 4.78 is 0. The third-order valence-electron chi connectivity index (χ3n) is 3.46. The molecule has 1 aliphatic heterocycles. The lowest BCUT2D eigenvalue weighted by atomic mass is 9.95. The van der Waals surface area contributed by atoms with Gasteiger partial charge in [0, 0.05) is 22.5 Å². The van der Waals surface area contributed by atoms with Gasteiger partial charge in [-0.1, -0.05) is 12.1 Å². The minimum Gasteiger partial charge on any atom is -0.312 e. The first-order valence-electron chi connectivity index (χ1n) is 6.17. The van der Waals surface area contributed by atoms with Gasteiger partial charge in [-0.2, -0.15) is 0 Å². The smallest absolute Gasteiger partial charge is 0.194 e. The lowest BCUT2D eigenvalue weighted by Gasteiger charge is -2.17. The number of carbonyl (C=O) groups is 1. The molecule has 0 saturated carbocycles. The summed E-state index contributed by atoms with van der Waals surface area (Å²) in [6.07, 6.45) is 1.06. The van der Waals surface area contributed by atoms with Crippen LogP contribution in [0.4, 0.5) is 0 Å². The van der Waals surface area contributed by atoms with E-state index in [1.807, 2.05) is 30.5 Å². The Hall–Kier alpha value is -1.45. The Morgan fingerprint density at radius 1 is 1.28 bits per heavy atom. The fraction of sp³-hybridized carbons (Fsp3) is 0.267. The van der Waals surface area contributed by atoms with Crippen molar-refractivity contribution in [1.29, 1.82) is 0 Å². The Morgan fingerprint density at radius 2 is 2.17 bits per heavy atom. The monoisotopic (exact) mass is 257 g/mol. The van der Waals surface area contributed by atoms with Crippen molar-refractivity contribution in [1.82, 2.24) is 5.32 Å². The van der Waals surface area contributed by atoms with E-state index in [0.29, 0.717) is 0 Å². The molecular formula is C15H15NOS. The average molecular weight is 257 g/mol. The van der Waals surface area contributed by atoms with Gasteiger partial charge in [-0.25, -0.2) is 0 Å². The maximum atomic E-state index is 12.4. The van der Waals surface area contributed by atoms with E-state index < -0.39 is 0 Å². The molecule has 1 N–H and O–H groups in total. The predicted octanol–water partition coefficient (Wildman–Crippen LogP) is 2.93. The quantitative estimate of drug-likeness (QED) is 0.838. The molecular weight excluding hydrogens is 242 g/mol. The van der Waals surface area contributed by atoms with E-state index in [0.717, 1.165) is 35.5 Å². The SMILES string of the molecule is Cc1sccc1C(=O)c1ccc2c(c1)CNCC2. The molecule has 3 rings (SSSR count).